The van der Waals surface area contributed by atoms with E-state index in [2.05, 4.69) is 4.98 Å². The predicted molar refractivity (Wildman–Crippen MR) is 93.7 cm³/mol. The van der Waals surface area contributed by atoms with Gasteiger partial charge in [0.2, 0.25) is 0 Å². The standard InChI is InChI=1S/C20H17F3N2/c1-19(2,20(21,22)23)12-13-7-8-17-16(11-13)14-5-3-4-6-15(14)18-24-9-10-25(17)18/h3-11H,12H2,1-2H3. The average molecular weight is 342 g/mol. The summed E-state index contributed by atoms with van der Waals surface area (Å²) in [6, 6.07) is 13.4. The minimum absolute atomic E-state index is 0.0528. The molecule has 0 saturated heterocycles. The SMILES string of the molecule is CC(C)(Cc1ccc2c(c1)c1ccccc1c1nccn21)C(F)(F)F. The molecule has 2 nitrogen and oxygen atoms in total. The molecule has 2 heterocycles. The summed E-state index contributed by atoms with van der Waals surface area (Å²) in [5.74, 6) is 0. The van der Waals surface area contributed by atoms with Crippen molar-refractivity contribution in [2.24, 2.45) is 5.41 Å². The van der Waals surface area contributed by atoms with Crippen molar-refractivity contribution in [2.75, 3.05) is 0 Å². The molecule has 2 aromatic carbocycles. The van der Waals surface area contributed by atoms with Crippen molar-refractivity contribution in [3.8, 4) is 0 Å². The number of pyridine rings is 1. The first-order valence-corrected chi connectivity index (χ1v) is 8.11. The molecule has 0 saturated carbocycles. The van der Waals surface area contributed by atoms with Gasteiger partial charge in [-0.1, -0.05) is 44.2 Å². The Kier molecular flexibility index (Phi) is 3.33. The number of hydrogen-bond acceptors (Lipinski definition) is 1. The van der Waals surface area contributed by atoms with Crippen LogP contribution in [0.5, 0.6) is 0 Å². The third-order valence-electron chi connectivity index (χ3n) is 4.83. The van der Waals surface area contributed by atoms with Gasteiger partial charge in [0.05, 0.1) is 10.9 Å². The van der Waals surface area contributed by atoms with Gasteiger partial charge in [0, 0.05) is 23.2 Å². The largest absolute Gasteiger partial charge is 0.394 e. The first-order chi connectivity index (χ1) is 11.8. The van der Waals surface area contributed by atoms with Gasteiger partial charge in [-0.15, -0.1) is 0 Å². The number of alkyl halides is 3. The van der Waals surface area contributed by atoms with E-state index >= 15 is 0 Å². The van der Waals surface area contributed by atoms with Crippen LogP contribution in [0, 0.1) is 5.41 Å². The van der Waals surface area contributed by atoms with Crippen molar-refractivity contribution in [2.45, 2.75) is 26.4 Å². The Bertz CT molecular complexity index is 1090. The van der Waals surface area contributed by atoms with E-state index < -0.39 is 11.6 Å². The summed E-state index contributed by atoms with van der Waals surface area (Å²) >= 11 is 0. The number of halogens is 3. The Morgan fingerprint density at radius 3 is 2.40 bits per heavy atom. The summed E-state index contributed by atoms with van der Waals surface area (Å²) in [6.45, 7) is 2.49. The van der Waals surface area contributed by atoms with Crippen molar-refractivity contribution in [3.05, 3.63) is 60.4 Å². The van der Waals surface area contributed by atoms with Gasteiger partial charge in [-0.05, 0) is 29.5 Å². The lowest BCUT2D eigenvalue weighted by Crippen LogP contribution is -2.34. The van der Waals surface area contributed by atoms with Crippen LogP contribution >= 0.6 is 0 Å². The van der Waals surface area contributed by atoms with Gasteiger partial charge in [0.15, 0.2) is 0 Å². The fraction of sp³-hybridized carbons (Fsp3) is 0.250. The zero-order chi connectivity index (χ0) is 17.8. The third kappa shape index (κ3) is 2.46. The first kappa shape index (κ1) is 15.9. The minimum Gasteiger partial charge on any atom is -0.299 e. The van der Waals surface area contributed by atoms with Crippen LogP contribution in [0.15, 0.2) is 54.9 Å². The molecule has 0 N–H and O–H groups in total. The number of nitrogens with zero attached hydrogens (tertiary/aromatic N) is 2. The highest BCUT2D eigenvalue weighted by molar-refractivity contribution is 6.11. The van der Waals surface area contributed by atoms with Crippen molar-refractivity contribution in [1.29, 1.82) is 0 Å². The second-order valence-corrected chi connectivity index (χ2v) is 7.08. The Morgan fingerprint density at radius 2 is 1.68 bits per heavy atom. The van der Waals surface area contributed by atoms with Crippen molar-refractivity contribution >= 4 is 27.3 Å². The van der Waals surface area contributed by atoms with E-state index in [4.69, 9.17) is 0 Å². The van der Waals surface area contributed by atoms with Crippen LogP contribution in [0.1, 0.15) is 19.4 Å². The highest BCUT2D eigenvalue weighted by atomic mass is 19.4. The van der Waals surface area contributed by atoms with Crippen molar-refractivity contribution in [1.82, 2.24) is 9.38 Å². The highest BCUT2D eigenvalue weighted by Gasteiger charge is 2.46. The van der Waals surface area contributed by atoms with Gasteiger partial charge < -0.3 is 0 Å². The molecular formula is C20H17F3N2. The van der Waals surface area contributed by atoms with E-state index in [1.165, 1.54) is 13.8 Å². The van der Waals surface area contributed by atoms with Gasteiger partial charge >= 0.3 is 6.18 Å². The molecule has 0 unspecified atom stereocenters. The van der Waals surface area contributed by atoms with Gasteiger partial charge in [0.25, 0.3) is 0 Å². The molecule has 4 rings (SSSR count). The molecule has 0 radical (unpaired) electrons. The normalized spacial score (nSPS) is 13.2. The monoisotopic (exact) mass is 342 g/mol. The van der Waals surface area contributed by atoms with Gasteiger partial charge in [-0.25, -0.2) is 4.98 Å². The second-order valence-electron chi connectivity index (χ2n) is 7.08. The number of benzene rings is 2. The average Bonchev–Trinajstić information content (AvgIpc) is 3.03. The Hall–Kier alpha value is -2.56. The number of fused-ring (bicyclic) bond motifs is 6. The molecule has 2 aromatic heterocycles. The van der Waals surface area contributed by atoms with Crippen LogP contribution < -0.4 is 0 Å². The highest BCUT2D eigenvalue weighted by Crippen LogP contribution is 2.41. The summed E-state index contributed by atoms with van der Waals surface area (Å²) in [5.41, 5.74) is 0.709. The number of imidazole rings is 1. The van der Waals surface area contributed by atoms with E-state index in [0.29, 0.717) is 5.56 Å². The Balaban J connectivity index is 1.97. The topological polar surface area (TPSA) is 17.3 Å². The van der Waals surface area contributed by atoms with Crippen LogP contribution in [-0.4, -0.2) is 15.6 Å². The van der Waals surface area contributed by atoms with Gasteiger partial charge in [-0.3, -0.25) is 4.40 Å². The van der Waals surface area contributed by atoms with Crippen LogP contribution in [0.3, 0.4) is 0 Å². The molecular weight excluding hydrogens is 325 g/mol. The summed E-state index contributed by atoms with van der Waals surface area (Å²) in [5, 5.41) is 2.94. The molecule has 5 heteroatoms. The summed E-state index contributed by atoms with van der Waals surface area (Å²) in [6.07, 6.45) is -0.674. The van der Waals surface area contributed by atoms with E-state index in [1.54, 1.807) is 12.3 Å². The Labute approximate surface area is 142 Å². The van der Waals surface area contributed by atoms with E-state index in [-0.39, 0.29) is 6.42 Å². The van der Waals surface area contributed by atoms with Crippen LogP contribution in [0.2, 0.25) is 0 Å². The predicted octanol–water partition coefficient (Wildman–Crippen LogP) is 5.77. The lowest BCUT2D eigenvalue weighted by atomic mass is 9.84. The maximum atomic E-state index is 13.2. The summed E-state index contributed by atoms with van der Waals surface area (Å²) in [7, 11) is 0. The van der Waals surface area contributed by atoms with E-state index in [1.807, 2.05) is 47.0 Å². The summed E-state index contributed by atoms with van der Waals surface area (Å²) < 4.78 is 41.7. The van der Waals surface area contributed by atoms with Crippen LogP contribution in [-0.2, 0) is 6.42 Å². The fourth-order valence-electron chi connectivity index (χ4n) is 3.34. The molecule has 4 aromatic rings. The lowest BCUT2D eigenvalue weighted by Gasteiger charge is -2.27. The lowest BCUT2D eigenvalue weighted by molar-refractivity contribution is -0.211. The molecule has 0 atom stereocenters. The molecule has 0 spiro atoms. The minimum atomic E-state index is -4.24. The number of rotatable bonds is 2. The molecule has 0 aliphatic rings. The van der Waals surface area contributed by atoms with E-state index in [0.717, 1.165) is 27.3 Å². The maximum Gasteiger partial charge on any atom is 0.394 e. The fourth-order valence-corrected chi connectivity index (χ4v) is 3.34. The van der Waals surface area contributed by atoms with Crippen molar-refractivity contribution in [3.63, 3.8) is 0 Å². The molecule has 0 aliphatic heterocycles. The molecule has 0 amide bonds. The van der Waals surface area contributed by atoms with Crippen LogP contribution in [0.4, 0.5) is 13.2 Å². The number of hydrogen-bond donors (Lipinski definition) is 0. The molecule has 0 bridgehead atoms. The molecule has 128 valence electrons. The van der Waals surface area contributed by atoms with Gasteiger partial charge in [0.1, 0.15) is 5.65 Å². The third-order valence-corrected chi connectivity index (χ3v) is 4.83. The maximum absolute atomic E-state index is 13.2. The molecule has 0 fully saturated rings. The van der Waals surface area contributed by atoms with Crippen LogP contribution in [0.25, 0.3) is 27.3 Å². The smallest absolute Gasteiger partial charge is 0.299 e. The zero-order valence-electron chi connectivity index (χ0n) is 13.9. The Morgan fingerprint density at radius 1 is 0.960 bits per heavy atom. The zero-order valence-corrected chi connectivity index (χ0v) is 13.9. The van der Waals surface area contributed by atoms with Gasteiger partial charge in [-0.2, -0.15) is 13.2 Å². The molecule has 0 aliphatic carbocycles. The first-order valence-electron chi connectivity index (χ1n) is 8.11. The van der Waals surface area contributed by atoms with Crippen molar-refractivity contribution < 1.29 is 13.2 Å². The summed E-state index contributed by atoms with van der Waals surface area (Å²) in [4.78, 5) is 4.43. The molecule has 25 heavy (non-hydrogen) atoms. The second kappa shape index (κ2) is 5.22. The number of aromatic nitrogens is 2. The van der Waals surface area contributed by atoms with E-state index in [9.17, 15) is 13.2 Å². The quantitative estimate of drug-likeness (QED) is 0.423.